The number of rotatable bonds is 2. The van der Waals surface area contributed by atoms with Crippen molar-refractivity contribution in [3.05, 3.63) is 89.5 Å². The second kappa shape index (κ2) is 6.67. The van der Waals surface area contributed by atoms with Crippen LogP contribution in [0.1, 0.15) is 16.7 Å². The van der Waals surface area contributed by atoms with Crippen LogP contribution in [0.3, 0.4) is 0 Å². The lowest BCUT2D eigenvalue weighted by Crippen LogP contribution is -2.38. The second-order valence-electron chi connectivity index (χ2n) is 7.36. The van der Waals surface area contributed by atoms with E-state index in [4.69, 9.17) is 4.43 Å². The zero-order valence-corrected chi connectivity index (χ0v) is 16.5. The van der Waals surface area contributed by atoms with Gasteiger partial charge in [-0.15, -0.1) is 0 Å². The lowest BCUT2D eigenvalue weighted by atomic mass is 10.0. The fraction of sp³-hybridized carbons (Fsp3) is 0.130. The Balaban J connectivity index is 1.75. The summed E-state index contributed by atoms with van der Waals surface area (Å²) < 4.78 is 44.8. The first-order valence-corrected chi connectivity index (χ1v) is 11.9. The van der Waals surface area contributed by atoms with E-state index in [1.165, 1.54) is 17.3 Å². The van der Waals surface area contributed by atoms with Crippen molar-refractivity contribution >= 4 is 19.6 Å². The van der Waals surface area contributed by atoms with Crippen LogP contribution in [0.25, 0.3) is 22.4 Å². The van der Waals surface area contributed by atoms with Crippen LogP contribution in [0, 0.1) is 0 Å². The largest absolute Gasteiger partial charge is 0.539 e. The van der Waals surface area contributed by atoms with Gasteiger partial charge in [0.1, 0.15) is 5.75 Å². The highest BCUT2D eigenvalue weighted by Crippen LogP contribution is 2.40. The van der Waals surface area contributed by atoms with Gasteiger partial charge >= 0.3 is 6.18 Å². The van der Waals surface area contributed by atoms with Gasteiger partial charge in [0.05, 0.1) is 5.56 Å². The minimum Gasteiger partial charge on any atom is -0.539 e. The maximum Gasteiger partial charge on any atom is 0.416 e. The SMILES string of the molecule is C[Si]1(C)Oc2ccc(-c3ccc(C(F)(F)F)cc3)cc2C=C1c1ccccc1. The third-order valence-corrected chi connectivity index (χ3v) is 7.41. The van der Waals surface area contributed by atoms with Gasteiger partial charge in [0.15, 0.2) is 0 Å². The van der Waals surface area contributed by atoms with Crippen molar-refractivity contribution in [2.45, 2.75) is 19.3 Å². The molecule has 3 aromatic carbocycles. The number of halogens is 3. The molecule has 4 rings (SSSR count). The van der Waals surface area contributed by atoms with Crippen molar-refractivity contribution in [3.63, 3.8) is 0 Å². The molecule has 142 valence electrons. The van der Waals surface area contributed by atoms with Crippen LogP contribution in [0.4, 0.5) is 13.2 Å². The molecule has 0 unspecified atom stereocenters. The Bertz CT molecular complexity index is 1040. The van der Waals surface area contributed by atoms with Gasteiger partial charge in [-0.25, -0.2) is 0 Å². The van der Waals surface area contributed by atoms with Crippen molar-refractivity contribution in [2.24, 2.45) is 0 Å². The van der Waals surface area contributed by atoms with E-state index >= 15 is 0 Å². The summed E-state index contributed by atoms with van der Waals surface area (Å²) in [5.41, 5.74) is 3.05. The first kappa shape index (κ1) is 18.6. The fourth-order valence-electron chi connectivity index (χ4n) is 3.49. The smallest absolute Gasteiger partial charge is 0.416 e. The number of fused-ring (bicyclic) bond motifs is 1. The Morgan fingerprint density at radius 2 is 1.39 bits per heavy atom. The van der Waals surface area contributed by atoms with Crippen molar-refractivity contribution in [1.82, 2.24) is 0 Å². The monoisotopic (exact) mass is 396 g/mol. The van der Waals surface area contributed by atoms with Crippen molar-refractivity contribution < 1.29 is 17.6 Å². The summed E-state index contributed by atoms with van der Waals surface area (Å²) in [5, 5.41) is 1.20. The van der Waals surface area contributed by atoms with E-state index < -0.39 is 20.1 Å². The molecule has 28 heavy (non-hydrogen) atoms. The molecule has 0 saturated heterocycles. The molecule has 0 aliphatic carbocycles. The zero-order valence-electron chi connectivity index (χ0n) is 15.5. The summed E-state index contributed by atoms with van der Waals surface area (Å²) >= 11 is 0. The van der Waals surface area contributed by atoms with E-state index in [0.29, 0.717) is 0 Å². The summed E-state index contributed by atoms with van der Waals surface area (Å²) in [7, 11) is -2.10. The third-order valence-electron chi connectivity index (χ3n) is 4.95. The van der Waals surface area contributed by atoms with Crippen LogP contribution < -0.4 is 4.43 Å². The lowest BCUT2D eigenvalue weighted by Gasteiger charge is -2.32. The molecule has 0 saturated carbocycles. The molecule has 3 aromatic rings. The molecule has 5 heteroatoms. The first-order valence-electron chi connectivity index (χ1n) is 9.02. The molecule has 0 bridgehead atoms. The summed E-state index contributed by atoms with van der Waals surface area (Å²) in [6, 6.07) is 21.2. The van der Waals surface area contributed by atoms with Crippen LogP contribution in [0.15, 0.2) is 72.8 Å². The predicted octanol–water partition coefficient (Wildman–Crippen LogP) is 7.05. The molecular weight excluding hydrogens is 377 g/mol. The highest BCUT2D eigenvalue weighted by Gasteiger charge is 2.35. The molecule has 0 radical (unpaired) electrons. The van der Waals surface area contributed by atoms with Gasteiger partial charge in [-0.1, -0.05) is 48.5 Å². The predicted molar refractivity (Wildman–Crippen MR) is 109 cm³/mol. The minimum atomic E-state index is -4.33. The second-order valence-corrected chi connectivity index (χ2v) is 11.1. The molecule has 1 nitrogen and oxygen atoms in total. The highest BCUT2D eigenvalue weighted by atomic mass is 28.4. The van der Waals surface area contributed by atoms with Crippen molar-refractivity contribution in [1.29, 1.82) is 0 Å². The van der Waals surface area contributed by atoms with Gasteiger partial charge in [-0.05, 0) is 65.3 Å². The third kappa shape index (κ3) is 3.50. The molecule has 0 fully saturated rings. The van der Waals surface area contributed by atoms with Gasteiger partial charge in [-0.3, -0.25) is 0 Å². The van der Waals surface area contributed by atoms with Crippen LogP contribution in [-0.2, 0) is 6.18 Å². The van der Waals surface area contributed by atoms with Crippen molar-refractivity contribution in [3.8, 4) is 16.9 Å². The zero-order chi connectivity index (χ0) is 19.9. The van der Waals surface area contributed by atoms with E-state index in [2.05, 4.69) is 31.3 Å². The summed E-state index contributed by atoms with van der Waals surface area (Å²) in [5.74, 6) is 0.826. The minimum absolute atomic E-state index is 0.642. The van der Waals surface area contributed by atoms with Gasteiger partial charge in [0.25, 0.3) is 8.32 Å². The van der Waals surface area contributed by atoms with E-state index in [1.807, 2.05) is 36.4 Å². The summed E-state index contributed by atoms with van der Waals surface area (Å²) in [6.45, 7) is 4.33. The molecule has 0 aromatic heterocycles. The molecule has 1 aliphatic rings. The average molecular weight is 396 g/mol. The topological polar surface area (TPSA) is 9.23 Å². The molecule has 0 atom stereocenters. The Morgan fingerprint density at radius 1 is 0.750 bits per heavy atom. The molecular formula is C23H19F3OSi. The summed E-state index contributed by atoms with van der Waals surface area (Å²) in [6.07, 6.45) is -2.17. The Hall–Kier alpha value is -2.79. The molecule has 0 N–H and O–H groups in total. The first-order chi connectivity index (χ1) is 13.2. The van der Waals surface area contributed by atoms with E-state index in [0.717, 1.165) is 40.1 Å². The van der Waals surface area contributed by atoms with Crippen LogP contribution in [0.2, 0.25) is 13.1 Å². The van der Waals surface area contributed by atoms with Gasteiger partial charge in [0.2, 0.25) is 0 Å². The van der Waals surface area contributed by atoms with E-state index in [9.17, 15) is 13.2 Å². The van der Waals surface area contributed by atoms with Crippen LogP contribution in [-0.4, -0.2) is 8.32 Å². The Kier molecular flexibility index (Phi) is 4.42. The molecule has 0 spiro atoms. The number of alkyl halides is 3. The Morgan fingerprint density at radius 3 is 2.04 bits per heavy atom. The molecule has 0 amide bonds. The van der Waals surface area contributed by atoms with Crippen LogP contribution in [0.5, 0.6) is 5.75 Å². The normalized spacial score (nSPS) is 15.4. The number of benzene rings is 3. The van der Waals surface area contributed by atoms with Gasteiger partial charge < -0.3 is 4.43 Å². The lowest BCUT2D eigenvalue weighted by molar-refractivity contribution is -0.137. The highest BCUT2D eigenvalue weighted by molar-refractivity contribution is 6.91. The molecule has 1 aliphatic heterocycles. The fourth-order valence-corrected chi connectivity index (χ4v) is 5.70. The summed E-state index contributed by atoms with van der Waals surface area (Å²) in [4.78, 5) is 0. The van der Waals surface area contributed by atoms with E-state index in [-0.39, 0.29) is 0 Å². The average Bonchev–Trinajstić information content (AvgIpc) is 2.66. The van der Waals surface area contributed by atoms with Crippen molar-refractivity contribution in [2.75, 3.05) is 0 Å². The Labute approximate surface area is 163 Å². The van der Waals surface area contributed by atoms with Gasteiger partial charge in [0, 0.05) is 5.56 Å². The van der Waals surface area contributed by atoms with E-state index in [1.54, 1.807) is 0 Å². The molecule has 1 heterocycles. The number of hydrogen-bond donors (Lipinski definition) is 0. The quantitative estimate of drug-likeness (QED) is 0.422. The maximum absolute atomic E-state index is 12.8. The van der Waals surface area contributed by atoms with Crippen LogP contribution >= 0.6 is 0 Å². The maximum atomic E-state index is 12.8. The van der Waals surface area contributed by atoms with Gasteiger partial charge in [-0.2, -0.15) is 13.2 Å². The number of hydrogen-bond acceptors (Lipinski definition) is 1. The standard InChI is InChI=1S/C23H19F3OSi/c1-28(2)22(17-6-4-3-5-7-17)15-19-14-18(10-13-21(19)27-28)16-8-11-20(12-9-16)23(24,25)26/h3-15H,1-2H3.